The van der Waals surface area contributed by atoms with Crippen LogP contribution >= 0.6 is 0 Å². The Kier molecular flexibility index (Phi) is 6.48. The van der Waals surface area contributed by atoms with Gasteiger partial charge in [-0.2, -0.15) is 5.06 Å². The summed E-state index contributed by atoms with van der Waals surface area (Å²) in [7, 11) is 0. The number of rotatable bonds is 6. The molecule has 3 unspecified atom stereocenters. The predicted octanol–water partition coefficient (Wildman–Crippen LogP) is 5.02. The first-order chi connectivity index (χ1) is 13.6. The molecule has 1 aromatic rings. The van der Waals surface area contributed by atoms with Crippen molar-refractivity contribution in [1.82, 2.24) is 5.06 Å². The maximum Gasteiger partial charge on any atom is 0.174 e. The topological polar surface area (TPSA) is 51.2 Å². The Balaban J connectivity index is 1.68. The number of hydrogen-bond acceptors (Lipinski definition) is 5. The fourth-order valence-electron chi connectivity index (χ4n) is 4.86. The molecule has 0 amide bonds. The molecule has 2 aliphatic rings. The van der Waals surface area contributed by atoms with Gasteiger partial charge in [-0.25, -0.2) is 0 Å². The molecule has 0 aliphatic carbocycles. The molecule has 164 valence electrons. The summed E-state index contributed by atoms with van der Waals surface area (Å²) >= 11 is 0. The largest absolute Gasteiger partial charge is 0.376 e. The third-order valence-corrected chi connectivity index (χ3v) is 7.58. The third-order valence-electron chi connectivity index (χ3n) is 7.58. The van der Waals surface area contributed by atoms with Gasteiger partial charge < -0.3 is 19.4 Å². The van der Waals surface area contributed by atoms with Crippen molar-refractivity contribution in [3.63, 3.8) is 0 Å². The van der Waals surface area contributed by atoms with Crippen LogP contribution in [0.4, 0.5) is 0 Å². The quantitative estimate of drug-likeness (QED) is 0.720. The summed E-state index contributed by atoms with van der Waals surface area (Å²) in [5, 5.41) is 12.6. The summed E-state index contributed by atoms with van der Waals surface area (Å²) in [6.07, 6.45) is 2.31. The summed E-state index contributed by atoms with van der Waals surface area (Å²) in [6, 6.07) is 10.2. The van der Waals surface area contributed by atoms with E-state index in [-0.39, 0.29) is 16.9 Å². The van der Waals surface area contributed by atoms with Crippen molar-refractivity contribution in [2.75, 3.05) is 19.8 Å². The first-order valence-corrected chi connectivity index (χ1v) is 11.0. The van der Waals surface area contributed by atoms with E-state index in [0.717, 1.165) is 12.8 Å². The van der Waals surface area contributed by atoms with Crippen molar-refractivity contribution in [2.24, 2.45) is 11.3 Å². The Morgan fingerprint density at radius 3 is 2.24 bits per heavy atom. The van der Waals surface area contributed by atoms with Gasteiger partial charge >= 0.3 is 0 Å². The van der Waals surface area contributed by atoms with Crippen LogP contribution in [-0.4, -0.2) is 47.0 Å². The normalized spacial score (nSPS) is 41.0. The number of piperidine rings is 1. The molecule has 1 aromatic carbocycles. The average Bonchev–Trinajstić information content (AvgIpc) is 2.74. The van der Waals surface area contributed by atoms with Crippen LogP contribution in [0, 0.1) is 11.3 Å². The lowest BCUT2D eigenvalue weighted by atomic mass is 9.67. The van der Waals surface area contributed by atoms with Crippen molar-refractivity contribution in [2.45, 2.75) is 84.3 Å². The van der Waals surface area contributed by atoms with Gasteiger partial charge in [-0.05, 0) is 32.3 Å². The highest BCUT2D eigenvalue weighted by Crippen LogP contribution is 2.53. The molecule has 5 nitrogen and oxygen atoms in total. The third kappa shape index (κ3) is 4.13. The SMILES string of the molecule is CCC1(C)CC2(OCC(C)(COCc3ccccc3)CO2)C(C)C(C)(CC)N1O. The molecule has 5 heteroatoms. The van der Waals surface area contributed by atoms with Gasteiger partial charge in [0.1, 0.15) is 0 Å². The van der Waals surface area contributed by atoms with Gasteiger partial charge in [0, 0.05) is 23.3 Å². The fourth-order valence-corrected chi connectivity index (χ4v) is 4.86. The number of ether oxygens (including phenoxy) is 3. The second-order valence-electron chi connectivity index (χ2n) is 9.95. The Morgan fingerprint density at radius 2 is 1.69 bits per heavy atom. The van der Waals surface area contributed by atoms with Gasteiger partial charge in [-0.1, -0.05) is 58.0 Å². The van der Waals surface area contributed by atoms with E-state index in [1.54, 1.807) is 5.06 Å². The van der Waals surface area contributed by atoms with E-state index in [0.29, 0.717) is 32.8 Å². The molecule has 2 fully saturated rings. The van der Waals surface area contributed by atoms with Crippen LogP contribution in [0.3, 0.4) is 0 Å². The second-order valence-corrected chi connectivity index (χ2v) is 9.95. The molecular formula is C24H39NO4. The van der Waals surface area contributed by atoms with E-state index in [2.05, 4.69) is 53.7 Å². The summed E-state index contributed by atoms with van der Waals surface area (Å²) < 4.78 is 19.1. The molecule has 0 aromatic heterocycles. The first-order valence-electron chi connectivity index (χ1n) is 11.0. The Morgan fingerprint density at radius 1 is 1.07 bits per heavy atom. The summed E-state index contributed by atoms with van der Waals surface area (Å²) in [6.45, 7) is 15.2. The Labute approximate surface area is 176 Å². The van der Waals surface area contributed by atoms with Crippen LogP contribution in [0.2, 0.25) is 0 Å². The van der Waals surface area contributed by atoms with Gasteiger partial charge in [0.15, 0.2) is 5.79 Å². The minimum atomic E-state index is -0.673. The molecule has 1 spiro atoms. The Bertz CT molecular complexity index is 673. The molecule has 2 saturated heterocycles. The van der Waals surface area contributed by atoms with Crippen molar-refractivity contribution >= 4 is 0 Å². The lowest BCUT2D eigenvalue weighted by Gasteiger charge is -2.63. The number of hydrogen-bond donors (Lipinski definition) is 1. The molecular weight excluding hydrogens is 366 g/mol. The lowest BCUT2D eigenvalue weighted by molar-refractivity contribution is -0.402. The monoisotopic (exact) mass is 405 g/mol. The number of hydroxylamine groups is 2. The minimum absolute atomic E-state index is 0.0411. The summed E-state index contributed by atoms with van der Waals surface area (Å²) in [4.78, 5) is 0. The highest BCUT2D eigenvalue weighted by molar-refractivity contribution is 5.13. The second kappa shape index (κ2) is 8.27. The van der Waals surface area contributed by atoms with Crippen LogP contribution in [0.15, 0.2) is 30.3 Å². The van der Waals surface area contributed by atoms with Crippen LogP contribution < -0.4 is 0 Å². The van der Waals surface area contributed by atoms with Gasteiger partial charge in [0.2, 0.25) is 0 Å². The van der Waals surface area contributed by atoms with E-state index < -0.39 is 11.3 Å². The molecule has 0 bridgehead atoms. The van der Waals surface area contributed by atoms with E-state index in [1.807, 2.05) is 18.2 Å². The summed E-state index contributed by atoms with van der Waals surface area (Å²) in [5.74, 6) is -0.632. The van der Waals surface area contributed by atoms with E-state index in [4.69, 9.17) is 14.2 Å². The highest BCUT2D eigenvalue weighted by Gasteiger charge is 2.62. The van der Waals surface area contributed by atoms with Crippen LogP contribution in [0.25, 0.3) is 0 Å². The predicted molar refractivity (Wildman–Crippen MR) is 114 cm³/mol. The van der Waals surface area contributed by atoms with Crippen LogP contribution in [-0.2, 0) is 20.8 Å². The smallest absolute Gasteiger partial charge is 0.174 e. The maximum atomic E-state index is 11.1. The highest BCUT2D eigenvalue weighted by atomic mass is 16.7. The van der Waals surface area contributed by atoms with Crippen LogP contribution in [0.1, 0.15) is 66.4 Å². The van der Waals surface area contributed by atoms with Crippen molar-refractivity contribution < 1.29 is 19.4 Å². The van der Waals surface area contributed by atoms with Gasteiger partial charge in [0.25, 0.3) is 0 Å². The molecule has 3 atom stereocenters. The van der Waals surface area contributed by atoms with Crippen LogP contribution in [0.5, 0.6) is 0 Å². The van der Waals surface area contributed by atoms with Crippen molar-refractivity contribution in [3.05, 3.63) is 35.9 Å². The zero-order chi connectivity index (χ0) is 21.3. The zero-order valence-electron chi connectivity index (χ0n) is 19.0. The van der Waals surface area contributed by atoms with E-state index in [9.17, 15) is 5.21 Å². The molecule has 1 N–H and O–H groups in total. The average molecular weight is 406 g/mol. The van der Waals surface area contributed by atoms with Crippen molar-refractivity contribution in [3.8, 4) is 0 Å². The fraction of sp³-hybridized carbons (Fsp3) is 0.750. The molecule has 29 heavy (non-hydrogen) atoms. The molecule has 2 heterocycles. The van der Waals surface area contributed by atoms with E-state index >= 15 is 0 Å². The Hall–Kier alpha value is -0.980. The van der Waals surface area contributed by atoms with Gasteiger partial charge in [0.05, 0.1) is 32.0 Å². The molecule has 2 aliphatic heterocycles. The number of nitrogens with zero attached hydrogens (tertiary/aromatic N) is 1. The molecule has 0 radical (unpaired) electrons. The zero-order valence-corrected chi connectivity index (χ0v) is 19.0. The first kappa shape index (κ1) is 22.7. The van der Waals surface area contributed by atoms with E-state index in [1.165, 1.54) is 5.56 Å². The minimum Gasteiger partial charge on any atom is -0.376 e. The van der Waals surface area contributed by atoms with Gasteiger partial charge in [-0.15, -0.1) is 0 Å². The maximum absolute atomic E-state index is 11.1. The number of benzene rings is 1. The van der Waals surface area contributed by atoms with Crippen molar-refractivity contribution in [1.29, 1.82) is 0 Å². The standard InChI is InChI=1S/C24H39NO4/c1-7-22(5)15-24(19(3)23(6,8-2)25(22)26)28-17-21(4,18-29-24)16-27-14-20-12-10-9-11-13-20/h9-13,19,26H,7-8,14-18H2,1-6H3. The lowest BCUT2D eigenvalue weighted by Crippen LogP contribution is -2.73. The van der Waals surface area contributed by atoms with Gasteiger partial charge in [-0.3, -0.25) is 0 Å². The molecule has 0 saturated carbocycles. The summed E-state index contributed by atoms with van der Waals surface area (Å²) in [5.41, 5.74) is 0.211. The molecule has 3 rings (SSSR count).